The maximum Gasteiger partial charge on any atom is 0.420 e. The summed E-state index contributed by atoms with van der Waals surface area (Å²) < 4.78 is 61.0. The summed E-state index contributed by atoms with van der Waals surface area (Å²) in [7, 11) is 0. The molecular formula is C26H27F4N5O3S. The van der Waals surface area contributed by atoms with Crippen LogP contribution in [0.15, 0.2) is 30.5 Å². The molecule has 2 fully saturated rings. The van der Waals surface area contributed by atoms with Crippen LogP contribution in [0.5, 0.6) is 0 Å². The summed E-state index contributed by atoms with van der Waals surface area (Å²) in [5, 5.41) is 9.80. The number of hydrogen-bond donors (Lipinski definition) is 0. The predicted molar refractivity (Wildman–Crippen MR) is 138 cm³/mol. The number of thiocarbonyl (C=S) groups is 1. The monoisotopic (exact) mass is 565 g/mol. The molecule has 0 unspecified atom stereocenters. The Kier molecular flexibility index (Phi) is 8.39. The first-order valence-corrected chi connectivity index (χ1v) is 12.7. The Balaban J connectivity index is 1.50. The van der Waals surface area contributed by atoms with E-state index in [1.54, 1.807) is 28.1 Å². The van der Waals surface area contributed by atoms with Gasteiger partial charge in [-0.15, -0.1) is 0 Å². The molecule has 0 spiro atoms. The zero-order valence-corrected chi connectivity index (χ0v) is 22.2. The molecule has 1 aromatic heterocycles. The highest BCUT2D eigenvalue weighted by atomic mass is 32.1. The van der Waals surface area contributed by atoms with E-state index in [9.17, 15) is 18.0 Å². The van der Waals surface area contributed by atoms with Crippen molar-refractivity contribution in [2.75, 3.05) is 42.9 Å². The molecule has 0 radical (unpaired) electrons. The second-order valence-corrected chi connectivity index (χ2v) is 10.1. The van der Waals surface area contributed by atoms with E-state index in [0.717, 1.165) is 22.9 Å². The number of hydrogen-bond acceptors (Lipinski definition) is 6. The normalized spacial score (nSPS) is 17.8. The Morgan fingerprint density at radius 1 is 1.21 bits per heavy atom. The molecule has 3 heterocycles. The third kappa shape index (κ3) is 6.13. The van der Waals surface area contributed by atoms with Crippen LogP contribution in [0.25, 0.3) is 0 Å². The second-order valence-electron chi connectivity index (χ2n) is 9.78. The average Bonchev–Trinajstić information content (AvgIpc) is 2.89. The van der Waals surface area contributed by atoms with Crippen LogP contribution < -0.4 is 9.96 Å². The number of carbonyl (C=O) groups excluding carboxylic acids is 1. The maximum atomic E-state index is 15.1. The van der Waals surface area contributed by atoms with Gasteiger partial charge < -0.3 is 14.5 Å². The zero-order chi connectivity index (χ0) is 28.4. The summed E-state index contributed by atoms with van der Waals surface area (Å²) in [5.74, 6) is -1.57. The molecule has 1 aromatic carbocycles. The van der Waals surface area contributed by atoms with E-state index in [1.165, 1.54) is 6.07 Å². The quantitative estimate of drug-likeness (QED) is 0.371. The number of carbonyl (C=O) groups is 1. The third-order valence-corrected chi connectivity index (χ3v) is 6.86. The number of nitriles is 1. The molecule has 0 aliphatic carbocycles. The first kappa shape index (κ1) is 28.7. The van der Waals surface area contributed by atoms with Crippen molar-refractivity contribution in [3.05, 3.63) is 53.1 Å². The highest BCUT2D eigenvalue weighted by molar-refractivity contribution is 7.80. The van der Waals surface area contributed by atoms with Crippen molar-refractivity contribution in [1.29, 1.82) is 5.26 Å². The lowest BCUT2D eigenvalue weighted by Crippen LogP contribution is -2.61. The lowest BCUT2D eigenvalue weighted by Gasteiger charge is -2.47. The van der Waals surface area contributed by atoms with Crippen LogP contribution in [0, 0.1) is 17.1 Å². The van der Waals surface area contributed by atoms with E-state index in [1.807, 2.05) is 13.8 Å². The molecule has 4 rings (SSSR count). The van der Waals surface area contributed by atoms with Gasteiger partial charge in [0.1, 0.15) is 11.3 Å². The van der Waals surface area contributed by atoms with Gasteiger partial charge in [-0.3, -0.25) is 14.6 Å². The van der Waals surface area contributed by atoms with Gasteiger partial charge in [-0.25, -0.2) is 4.39 Å². The fourth-order valence-corrected chi connectivity index (χ4v) is 5.01. The number of rotatable bonds is 6. The van der Waals surface area contributed by atoms with Crippen molar-refractivity contribution in [2.45, 2.75) is 44.8 Å². The standard InChI is InChI=1S/C26H27F4N5O3S/c1-25(2)16-38-35(20-9-6-17(14-31)22(23(20)27)26(28,29)30)24(39)34(25)19-8-7-18(32-15-19)4-3-5-21(36)33-10-12-37-13-11-33/h6-9,15H,3-5,10-13,16H2,1-2H3. The fraction of sp³-hybridized carbons (Fsp3) is 0.462. The highest BCUT2D eigenvalue weighted by Gasteiger charge is 2.43. The third-order valence-electron chi connectivity index (χ3n) is 6.52. The SMILES string of the molecule is CC1(C)CON(c2ccc(C#N)c(C(F)(F)F)c2F)C(=S)N1c1ccc(CCCC(=O)N2CCOCC2)nc1. The summed E-state index contributed by atoms with van der Waals surface area (Å²) in [4.78, 5) is 25.9. The molecule has 2 aromatic rings. The Bertz CT molecular complexity index is 1270. The fourth-order valence-electron chi connectivity index (χ4n) is 4.51. The largest absolute Gasteiger partial charge is 0.420 e. The van der Waals surface area contributed by atoms with Crippen LogP contribution in [-0.4, -0.2) is 59.4 Å². The molecule has 0 bridgehead atoms. The van der Waals surface area contributed by atoms with Gasteiger partial charge in [0.05, 0.1) is 48.9 Å². The van der Waals surface area contributed by atoms with Gasteiger partial charge in [-0.2, -0.15) is 23.5 Å². The van der Waals surface area contributed by atoms with E-state index < -0.39 is 34.3 Å². The van der Waals surface area contributed by atoms with Crippen LogP contribution in [0.1, 0.15) is 43.5 Å². The van der Waals surface area contributed by atoms with Crippen molar-refractivity contribution < 1.29 is 31.9 Å². The first-order valence-electron chi connectivity index (χ1n) is 12.3. The minimum atomic E-state index is -5.09. The van der Waals surface area contributed by atoms with Crippen LogP contribution in [0.2, 0.25) is 0 Å². The second kappa shape index (κ2) is 11.4. The van der Waals surface area contributed by atoms with E-state index in [0.29, 0.717) is 51.3 Å². The minimum Gasteiger partial charge on any atom is -0.378 e. The highest BCUT2D eigenvalue weighted by Crippen LogP contribution is 2.40. The van der Waals surface area contributed by atoms with Crippen molar-refractivity contribution in [3.63, 3.8) is 0 Å². The summed E-state index contributed by atoms with van der Waals surface area (Å²) in [5.41, 5.74) is -2.51. The van der Waals surface area contributed by atoms with Crippen LogP contribution in [0.3, 0.4) is 0 Å². The molecule has 8 nitrogen and oxygen atoms in total. The van der Waals surface area contributed by atoms with Gasteiger partial charge in [0.15, 0.2) is 5.82 Å². The van der Waals surface area contributed by atoms with Crippen LogP contribution in [-0.2, 0) is 27.0 Å². The average molecular weight is 566 g/mol. The number of alkyl halides is 3. The smallest absolute Gasteiger partial charge is 0.378 e. The number of aryl methyl sites for hydroxylation is 1. The molecule has 0 saturated carbocycles. The van der Waals surface area contributed by atoms with E-state index >= 15 is 4.39 Å². The van der Waals surface area contributed by atoms with Crippen molar-refractivity contribution >= 4 is 34.6 Å². The number of nitrogens with zero attached hydrogens (tertiary/aromatic N) is 5. The summed E-state index contributed by atoms with van der Waals surface area (Å²) in [6, 6.07) is 6.85. The van der Waals surface area contributed by atoms with Gasteiger partial charge >= 0.3 is 6.18 Å². The first-order chi connectivity index (χ1) is 18.4. The topological polar surface area (TPSA) is 81.9 Å². The lowest BCUT2D eigenvalue weighted by atomic mass is 10.0. The van der Waals surface area contributed by atoms with Crippen molar-refractivity contribution in [2.24, 2.45) is 0 Å². The molecule has 208 valence electrons. The summed E-state index contributed by atoms with van der Waals surface area (Å²) in [6.07, 6.45) is -1.91. The molecule has 2 aliphatic heterocycles. The van der Waals surface area contributed by atoms with Gasteiger partial charge in [0.25, 0.3) is 0 Å². The molecule has 0 N–H and O–H groups in total. The number of anilines is 2. The number of halogens is 4. The molecule has 39 heavy (non-hydrogen) atoms. The summed E-state index contributed by atoms with van der Waals surface area (Å²) >= 11 is 5.55. The molecule has 2 aliphatic rings. The van der Waals surface area contributed by atoms with E-state index in [-0.39, 0.29) is 17.6 Å². The predicted octanol–water partition coefficient (Wildman–Crippen LogP) is 4.61. The lowest BCUT2D eigenvalue weighted by molar-refractivity contribution is -0.140. The number of amides is 1. The molecule has 2 saturated heterocycles. The van der Waals surface area contributed by atoms with Crippen molar-refractivity contribution in [1.82, 2.24) is 9.88 Å². The molecule has 1 amide bonds. The van der Waals surface area contributed by atoms with Gasteiger partial charge in [-0.1, -0.05) is 0 Å². The number of pyridine rings is 1. The molecular weight excluding hydrogens is 538 g/mol. The Morgan fingerprint density at radius 3 is 2.54 bits per heavy atom. The number of aromatic nitrogens is 1. The number of ether oxygens (including phenoxy) is 1. The summed E-state index contributed by atoms with van der Waals surface area (Å²) in [6.45, 7) is 5.90. The zero-order valence-electron chi connectivity index (χ0n) is 21.4. The minimum absolute atomic E-state index is 0.0284. The number of hydroxylamine groups is 1. The number of benzene rings is 1. The Morgan fingerprint density at radius 2 is 1.92 bits per heavy atom. The van der Waals surface area contributed by atoms with Crippen LogP contribution in [0.4, 0.5) is 28.9 Å². The van der Waals surface area contributed by atoms with Gasteiger partial charge in [0, 0.05) is 25.2 Å². The Hall–Kier alpha value is -3.34. The van der Waals surface area contributed by atoms with Gasteiger partial charge in [-0.05, 0) is 63.2 Å². The van der Waals surface area contributed by atoms with Crippen molar-refractivity contribution in [3.8, 4) is 6.07 Å². The molecule has 13 heteroatoms. The molecule has 0 atom stereocenters. The van der Waals surface area contributed by atoms with E-state index in [4.69, 9.17) is 27.1 Å². The Labute approximate surface area is 228 Å². The van der Waals surface area contributed by atoms with E-state index in [2.05, 4.69) is 4.98 Å². The van der Waals surface area contributed by atoms with Gasteiger partial charge in [0.2, 0.25) is 11.0 Å². The van der Waals surface area contributed by atoms with Crippen LogP contribution >= 0.6 is 12.2 Å². The maximum absolute atomic E-state index is 15.1. The number of morpholine rings is 1.